The molecule has 0 bridgehead atoms. The van der Waals surface area contributed by atoms with E-state index >= 15 is 0 Å². The molecular weight excluding hydrogens is 175 g/mol. The quantitative estimate of drug-likeness (QED) is 0.679. The molecule has 0 N–H and O–H groups in total. The van der Waals surface area contributed by atoms with Crippen molar-refractivity contribution >= 4 is 5.97 Å². The second kappa shape index (κ2) is 3.89. The molecule has 13 heavy (non-hydrogen) atoms. The Morgan fingerprint density at radius 3 is 2.85 bits per heavy atom. The van der Waals surface area contributed by atoms with Crippen molar-refractivity contribution in [3.63, 3.8) is 0 Å². The van der Waals surface area contributed by atoms with Crippen molar-refractivity contribution in [2.45, 2.75) is 13.0 Å². The van der Waals surface area contributed by atoms with Crippen molar-refractivity contribution in [3.8, 4) is 5.75 Å². The highest BCUT2D eigenvalue weighted by Gasteiger charge is 2.04. The van der Waals surface area contributed by atoms with E-state index in [1.165, 1.54) is 25.1 Å². The first-order chi connectivity index (χ1) is 6.09. The predicted molar refractivity (Wildman–Crippen MR) is 41.5 cm³/mol. The van der Waals surface area contributed by atoms with Crippen LogP contribution < -0.4 is 9.84 Å². The van der Waals surface area contributed by atoms with Crippen LogP contribution >= 0.6 is 0 Å². The van der Waals surface area contributed by atoms with Gasteiger partial charge in [-0.2, -0.15) is 0 Å². The number of benzene rings is 1. The molecule has 0 aliphatic carbocycles. The van der Waals surface area contributed by atoms with E-state index in [9.17, 15) is 14.3 Å². The monoisotopic (exact) mass is 183 g/mol. The van der Waals surface area contributed by atoms with E-state index in [2.05, 4.69) is 0 Å². The van der Waals surface area contributed by atoms with Gasteiger partial charge in [-0.05, 0) is 19.1 Å². The molecule has 0 saturated heterocycles. The predicted octanol–water partition coefficient (Wildman–Crippen LogP) is 0.343. The van der Waals surface area contributed by atoms with Gasteiger partial charge in [-0.25, -0.2) is 4.39 Å². The first-order valence-electron chi connectivity index (χ1n) is 3.72. The zero-order valence-electron chi connectivity index (χ0n) is 6.99. The highest BCUT2D eigenvalue weighted by Crippen LogP contribution is 2.13. The molecule has 0 saturated carbocycles. The zero-order valence-corrected chi connectivity index (χ0v) is 6.99. The van der Waals surface area contributed by atoms with Crippen LogP contribution in [0.1, 0.15) is 6.92 Å². The van der Waals surface area contributed by atoms with Crippen LogP contribution in [0.4, 0.5) is 4.39 Å². The molecule has 1 atom stereocenters. The minimum Gasteiger partial charge on any atom is -0.546 e. The molecule has 4 heteroatoms. The number of aliphatic carboxylic acids is 1. The number of carbonyl (C=O) groups is 1. The summed E-state index contributed by atoms with van der Waals surface area (Å²) in [6.45, 7) is 1.32. The first-order valence-corrected chi connectivity index (χ1v) is 3.72. The van der Waals surface area contributed by atoms with Crippen LogP contribution in [0.25, 0.3) is 0 Å². The average Bonchev–Trinajstić information content (AvgIpc) is 2.04. The molecule has 1 rings (SSSR count). The van der Waals surface area contributed by atoms with Crippen molar-refractivity contribution in [1.82, 2.24) is 0 Å². The van der Waals surface area contributed by atoms with Gasteiger partial charge >= 0.3 is 0 Å². The topological polar surface area (TPSA) is 49.4 Å². The van der Waals surface area contributed by atoms with Gasteiger partial charge in [0.05, 0.1) is 5.97 Å². The average molecular weight is 183 g/mol. The van der Waals surface area contributed by atoms with Crippen LogP contribution in [0.5, 0.6) is 5.75 Å². The van der Waals surface area contributed by atoms with E-state index in [1.807, 2.05) is 0 Å². The molecule has 0 spiro atoms. The van der Waals surface area contributed by atoms with E-state index < -0.39 is 17.9 Å². The Hall–Kier alpha value is -1.58. The summed E-state index contributed by atoms with van der Waals surface area (Å²) in [4.78, 5) is 10.3. The number of ether oxygens (including phenoxy) is 1. The Labute approximate surface area is 74.8 Å². The van der Waals surface area contributed by atoms with Crippen LogP contribution in [0.3, 0.4) is 0 Å². The fourth-order valence-electron chi connectivity index (χ4n) is 0.793. The summed E-state index contributed by atoms with van der Waals surface area (Å²) in [6.07, 6.45) is -1.08. The van der Waals surface area contributed by atoms with Gasteiger partial charge in [-0.15, -0.1) is 0 Å². The van der Waals surface area contributed by atoms with Crippen LogP contribution in [-0.4, -0.2) is 12.1 Å². The molecule has 0 aliphatic rings. The van der Waals surface area contributed by atoms with Gasteiger partial charge in [-0.1, -0.05) is 6.07 Å². The molecule has 3 nitrogen and oxygen atoms in total. The number of rotatable bonds is 3. The Kier molecular flexibility index (Phi) is 2.84. The van der Waals surface area contributed by atoms with Gasteiger partial charge in [0.1, 0.15) is 17.7 Å². The summed E-state index contributed by atoms with van der Waals surface area (Å²) >= 11 is 0. The summed E-state index contributed by atoms with van der Waals surface area (Å²) < 4.78 is 17.4. The van der Waals surface area contributed by atoms with Crippen molar-refractivity contribution < 1.29 is 19.0 Å². The van der Waals surface area contributed by atoms with Gasteiger partial charge in [0.2, 0.25) is 0 Å². The lowest BCUT2D eigenvalue weighted by Crippen LogP contribution is -2.37. The lowest BCUT2D eigenvalue weighted by molar-refractivity contribution is -0.312. The van der Waals surface area contributed by atoms with E-state index in [0.29, 0.717) is 0 Å². The molecule has 0 aliphatic heterocycles. The number of carboxylic acids is 1. The summed E-state index contributed by atoms with van der Waals surface area (Å²) in [5.74, 6) is -1.62. The van der Waals surface area contributed by atoms with Gasteiger partial charge in [-0.3, -0.25) is 0 Å². The number of hydrogen-bond acceptors (Lipinski definition) is 3. The Balaban J connectivity index is 2.69. The lowest BCUT2D eigenvalue weighted by Gasteiger charge is -2.14. The normalized spacial score (nSPS) is 12.2. The zero-order chi connectivity index (χ0) is 9.84. The molecule has 0 amide bonds. The molecular formula is C9H8FO3-. The van der Waals surface area contributed by atoms with Gasteiger partial charge < -0.3 is 14.6 Å². The van der Waals surface area contributed by atoms with Crippen molar-refractivity contribution in [2.75, 3.05) is 0 Å². The van der Waals surface area contributed by atoms with Gasteiger partial charge in [0, 0.05) is 6.07 Å². The molecule has 1 aromatic rings. The van der Waals surface area contributed by atoms with Crippen molar-refractivity contribution in [2.24, 2.45) is 0 Å². The SMILES string of the molecule is C[C@@H](Oc1cccc(F)c1)C(=O)[O-]. The van der Waals surface area contributed by atoms with E-state index in [1.54, 1.807) is 0 Å². The first kappa shape index (κ1) is 9.51. The van der Waals surface area contributed by atoms with Gasteiger partial charge in [0.15, 0.2) is 0 Å². The van der Waals surface area contributed by atoms with Crippen LogP contribution in [0.15, 0.2) is 24.3 Å². The minimum absolute atomic E-state index is 0.178. The van der Waals surface area contributed by atoms with Crippen LogP contribution in [0, 0.1) is 5.82 Å². The maximum absolute atomic E-state index is 12.6. The smallest absolute Gasteiger partial charge is 0.135 e. The lowest BCUT2D eigenvalue weighted by atomic mass is 10.3. The Bertz CT molecular complexity index is 311. The molecule has 0 unspecified atom stereocenters. The molecule has 0 fully saturated rings. The third-order valence-electron chi connectivity index (χ3n) is 1.44. The van der Waals surface area contributed by atoms with Gasteiger partial charge in [0.25, 0.3) is 0 Å². The molecule has 0 radical (unpaired) electrons. The second-order valence-corrected chi connectivity index (χ2v) is 2.54. The summed E-state index contributed by atoms with van der Waals surface area (Å²) in [5.41, 5.74) is 0. The number of carboxylic acid groups (broad SMARTS) is 1. The Morgan fingerprint density at radius 2 is 2.31 bits per heavy atom. The highest BCUT2D eigenvalue weighted by atomic mass is 19.1. The number of hydrogen-bond donors (Lipinski definition) is 0. The Morgan fingerprint density at radius 1 is 1.62 bits per heavy atom. The molecule has 0 aromatic heterocycles. The number of carbonyl (C=O) groups excluding carboxylic acids is 1. The third-order valence-corrected chi connectivity index (χ3v) is 1.44. The van der Waals surface area contributed by atoms with E-state index in [4.69, 9.17) is 4.74 Å². The van der Waals surface area contributed by atoms with Crippen molar-refractivity contribution in [1.29, 1.82) is 0 Å². The maximum atomic E-state index is 12.6. The fraction of sp³-hybridized carbons (Fsp3) is 0.222. The summed E-state index contributed by atoms with van der Waals surface area (Å²) in [5, 5.41) is 10.3. The third kappa shape index (κ3) is 2.74. The minimum atomic E-state index is -1.33. The van der Waals surface area contributed by atoms with E-state index in [-0.39, 0.29) is 5.75 Å². The highest BCUT2D eigenvalue weighted by molar-refractivity contribution is 5.69. The van der Waals surface area contributed by atoms with Crippen LogP contribution in [-0.2, 0) is 4.79 Å². The summed E-state index contributed by atoms with van der Waals surface area (Å²) in [6, 6.07) is 5.27. The standard InChI is InChI=1S/C9H9FO3/c1-6(9(11)12)13-8-4-2-3-7(10)5-8/h2-6H,1H3,(H,11,12)/p-1/t6-/m1/s1. The van der Waals surface area contributed by atoms with E-state index in [0.717, 1.165) is 6.07 Å². The second-order valence-electron chi connectivity index (χ2n) is 2.54. The molecule has 0 heterocycles. The fourth-order valence-corrected chi connectivity index (χ4v) is 0.793. The van der Waals surface area contributed by atoms with Crippen LogP contribution in [0.2, 0.25) is 0 Å². The number of halogens is 1. The maximum Gasteiger partial charge on any atom is 0.135 e. The molecule has 70 valence electrons. The largest absolute Gasteiger partial charge is 0.546 e. The molecule has 1 aromatic carbocycles. The summed E-state index contributed by atoms with van der Waals surface area (Å²) in [7, 11) is 0. The van der Waals surface area contributed by atoms with Crippen molar-refractivity contribution in [3.05, 3.63) is 30.1 Å².